The lowest BCUT2D eigenvalue weighted by molar-refractivity contribution is -0.274. The van der Waals surface area contributed by atoms with Gasteiger partial charge in [-0.1, -0.05) is 12.1 Å². The highest BCUT2D eigenvalue weighted by molar-refractivity contribution is 5.91. The van der Waals surface area contributed by atoms with E-state index in [0.29, 0.717) is 44.6 Å². The minimum absolute atomic E-state index is 0.252. The molecule has 0 aliphatic carbocycles. The van der Waals surface area contributed by atoms with Crippen LogP contribution in [-0.4, -0.2) is 65.4 Å². The van der Waals surface area contributed by atoms with Gasteiger partial charge in [0.05, 0.1) is 6.04 Å². The van der Waals surface area contributed by atoms with Crippen LogP contribution in [0.3, 0.4) is 0 Å². The monoisotopic (exact) mass is 550 g/mol. The summed E-state index contributed by atoms with van der Waals surface area (Å²) in [7, 11) is 0. The molecule has 4 rings (SSSR count). The predicted molar refractivity (Wildman–Crippen MR) is 133 cm³/mol. The Labute approximate surface area is 222 Å². The molecule has 2 N–H and O–H groups in total. The van der Waals surface area contributed by atoms with E-state index < -0.39 is 24.7 Å². The van der Waals surface area contributed by atoms with E-state index in [1.165, 1.54) is 35.4 Å². The smallest absolute Gasteiger partial charge is 0.465 e. The van der Waals surface area contributed by atoms with E-state index in [0.717, 1.165) is 18.4 Å². The summed E-state index contributed by atoms with van der Waals surface area (Å²) >= 11 is 0. The summed E-state index contributed by atoms with van der Waals surface area (Å²) in [6.45, 7) is 2.09. The van der Waals surface area contributed by atoms with E-state index in [-0.39, 0.29) is 17.6 Å². The van der Waals surface area contributed by atoms with Gasteiger partial charge in [-0.3, -0.25) is 14.6 Å². The molecular formula is C26H29F3N4O6. The third kappa shape index (κ3) is 8.67. The van der Waals surface area contributed by atoms with Crippen molar-refractivity contribution in [3.8, 4) is 5.75 Å². The van der Waals surface area contributed by atoms with E-state index in [1.54, 1.807) is 24.3 Å². The Kier molecular flexibility index (Phi) is 9.38. The Hall–Kier alpha value is -3.68. The second-order valence-electron chi connectivity index (χ2n) is 9.19. The lowest BCUT2D eigenvalue weighted by Gasteiger charge is -2.25. The molecule has 0 bridgehead atoms. The number of likely N-dealkylation sites (tertiary alicyclic amines) is 1. The van der Waals surface area contributed by atoms with Crippen LogP contribution < -0.4 is 15.1 Å². The first kappa shape index (κ1) is 28.3. The molecule has 2 aliphatic heterocycles. The Balaban J connectivity index is 1.29. The topological polar surface area (TPSA) is 113 Å². The molecule has 2 saturated heterocycles. The average molecular weight is 551 g/mol. The molecular weight excluding hydrogens is 521 g/mol. The van der Waals surface area contributed by atoms with Gasteiger partial charge in [-0.25, -0.2) is 20.1 Å². The van der Waals surface area contributed by atoms with Gasteiger partial charge in [-0.15, -0.1) is 13.2 Å². The number of pyridine rings is 1. The highest BCUT2D eigenvalue weighted by Gasteiger charge is 2.33. The number of carbonyl (C=O) groups excluding carboxylic acids is 1. The van der Waals surface area contributed by atoms with Crippen LogP contribution in [0.4, 0.5) is 23.8 Å². The molecule has 0 saturated carbocycles. The SMILES string of the molecule is O=C(C=Cc1ccc(N(C(=O)O)[C@@H]2CCN(Cc3ccc(OC(F)(F)F)cc3)C2)nc1)NOC1CCCCO1. The van der Waals surface area contributed by atoms with Crippen molar-refractivity contribution < 1.29 is 42.2 Å². The largest absolute Gasteiger partial charge is 0.573 e. The third-order valence-corrected chi connectivity index (χ3v) is 6.26. The van der Waals surface area contributed by atoms with E-state index in [1.807, 2.05) is 4.90 Å². The number of nitrogens with zero attached hydrogens (tertiary/aromatic N) is 3. The standard InChI is InChI=1S/C26H29F3N4O6/c27-26(28,29)38-21-8-4-19(5-9-21)16-32-13-12-20(17-32)33(25(35)36)22-10-6-18(15-30-22)7-11-23(34)31-39-24-3-1-2-14-37-24/h4-11,15,20,24H,1-3,12-14,16-17H2,(H,31,34)(H,35,36)/t20-,24?/m1/s1. The Bertz CT molecular complexity index is 1140. The highest BCUT2D eigenvalue weighted by atomic mass is 19.4. The van der Waals surface area contributed by atoms with E-state index in [9.17, 15) is 27.9 Å². The second kappa shape index (κ2) is 12.9. The molecule has 2 aromatic rings. The molecule has 2 fully saturated rings. The minimum Gasteiger partial charge on any atom is -0.465 e. The molecule has 2 atom stereocenters. The molecule has 10 nitrogen and oxygen atoms in total. The number of halogens is 3. The van der Waals surface area contributed by atoms with E-state index >= 15 is 0 Å². The number of hydroxylamine groups is 1. The first-order chi connectivity index (χ1) is 18.7. The number of rotatable bonds is 9. The summed E-state index contributed by atoms with van der Waals surface area (Å²) in [4.78, 5) is 36.8. The number of carboxylic acid groups (broad SMARTS) is 1. The number of aromatic nitrogens is 1. The van der Waals surface area contributed by atoms with Crippen LogP contribution in [0.1, 0.15) is 36.8 Å². The van der Waals surface area contributed by atoms with Gasteiger partial charge in [-0.05, 0) is 60.7 Å². The van der Waals surface area contributed by atoms with Gasteiger partial charge in [0.2, 0.25) is 0 Å². The zero-order valence-electron chi connectivity index (χ0n) is 21.0. The molecule has 2 amide bonds. The molecule has 1 aromatic carbocycles. The van der Waals surface area contributed by atoms with Gasteiger partial charge in [0.15, 0.2) is 6.29 Å². The lowest BCUT2D eigenvalue weighted by atomic mass is 10.2. The average Bonchev–Trinajstić information content (AvgIpc) is 3.35. The number of ether oxygens (including phenoxy) is 2. The summed E-state index contributed by atoms with van der Waals surface area (Å²) in [6.07, 6.45) is 1.15. The molecule has 13 heteroatoms. The van der Waals surface area contributed by atoms with Crippen molar-refractivity contribution in [1.29, 1.82) is 0 Å². The van der Waals surface area contributed by atoms with Crippen molar-refractivity contribution in [2.45, 2.75) is 50.9 Å². The summed E-state index contributed by atoms with van der Waals surface area (Å²) in [5.41, 5.74) is 3.70. The van der Waals surface area contributed by atoms with Gasteiger partial charge in [0.25, 0.3) is 5.91 Å². The zero-order chi connectivity index (χ0) is 27.8. The first-order valence-corrected chi connectivity index (χ1v) is 12.5. The van der Waals surface area contributed by atoms with Gasteiger partial charge in [0, 0.05) is 44.9 Å². The van der Waals surface area contributed by atoms with Crippen molar-refractivity contribution in [3.05, 3.63) is 59.8 Å². The van der Waals surface area contributed by atoms with E-state index in [2.05, 4.69) is 15.2 Å². The molecule has 2 aliphatic rings. The molecule has 3 heterocycles. The summed E-state index contributed by atoms with van der Waals surface area (Å²) < 4.78 is 46.3. The van der Waals surface area contributed by atoms with Gasteiger partial charge >= 0.3 is 12.5 Å². The quantitative estimate of drug-likeness (QED) is 0.351. The number of hydrogen-bond acceptors (Lipinski definition) is 7. The number of hydrogen-bond donors (Lipinski definition) is 2. The normalized spacial score (nSPS) is 20.2. The molecule has 0 spiro atoms. The lowest BCUT2D eigenvalue weighted by Crippen LogP contribution is -2.41. The van der Waals surface area contributed by atoms with Gasteiger partial charge < -0.3 is 14.6 Å². The van der Waals surface area contributed by atoms with Crippen molar-refractivity contribution in [3.63, 3.8) is 0 Å². The van der Waals surface area contributed by atoms with Crippen LogP contribution in [0.15, 0.2) is 48.7 Å². The predicted octanol–water partition coefficient (Wildman–Crippen LogP) is 4.33. The third-order valence-electron chi connectivity index (χ3n) is 6.26. The number of alkyl halides is 3. The number of benzene rings is 1. The Morgan fingerprint density at radius 2 is 1.97 bits per heavy atom. The Morgan fingerprint density at radius 1 is 1.18 bits per heavy atom. The van der Waals surface area contributed by atoms with Crippen LogP contribution >= 0.6 is 0 Å². The number of anilines is 1. The van der Waals surface area contributed by atoms with E-state index in [4.69, 9.17) is 9.57 Å². The molecule has 210 valence electrons. The van der Waals surface area contributed by atoms with Crippen LogP contribution in [0.25, 0.3) is 6.08 Å². The number of carbonyl (C=O) groups is 2. The summed E-state index contributed by atoms with van der Waals surface area (Å²) in [5, 5.41) is 9.87. The van der Waals surface area contributed by atoms with Gasteiger partial charge in [-0.2, -0.15) is 0 Å². The van der Waals surface area contributed by atoms with Crippen molar-refractivity contribution in [1.82, 2.24) is 15.4 Å². The highest BCUT2D eigenvalue weighted by Crippen LogP contribution is 2.26. The molecule has 39 heavy (non-hydrogen) atoms. The molecule has 1 aromatic heterocycles. The summed E-state index contributed by atoms with van der Waals surface area (Å²) in [5.74, 6) is -0.508. The van der Waals surface area contributed by atoms with Crippen LogP contribution in [0, 0.1) is 0 Å². The zero-order valence-corrected chi connectivity index (χ0v) is 21.0. The number of amides is 2. The minimum atomic E-state index is -4.75. The van der Waals surface area contributed by atoms with Crippen LogP contribution in [-0.2, 0) is 20.9 Å². The maximum atomic E-state index is 12.4. The fraction of sp³-hybridized carbons (Fsp3) is 0.423. The summed E-state index contributed by atoms with van der Waals surface area (Å²) in [6, 6.07) is 8.48. The van der Waals surface area contributed by atoms with Crippen molar-refractivity contribution >= 4 is 23.9 Å². The van der Waals surface area contributed by atoms with Crippen LogP contribution in [0.2, 0.25) is 0 Å². The van der Waals surface area contributed by atoms with Gasteiger partial charge in [0.1, 0.15) is 11.6 Å². The van der Waals surface area contributed by atoms with Crippen LogP contribution in [0.5, 0.6) is 5.75 Å². The maximum Gasteiger partial charge on any atom is 0.573 e. The molecule has 1 unspecified atom stereocenters. The first-order valence-electron chi connectivity index (χ1n) is 12.5. The second-order valence-corrected chi connectivity index (χ2v) is 9.19. The Morgan fingerprint density at radius 3 is 2.62 bits per heavy atom. The fourth-order valence-corrected chi connectivity index (χ4v) is 4.43. The van der Waals surface area contributed by atoms with Crippen molar-refractivity contribution in [2.75, 3.05) is 24.6 Å². The fourth-order valence-electron chi connectivity index (χ4n) is 4.43. The number of nitrogens with one attached hydrogen (secondary N) is 1. The van der Waals surface area contributed by atoms with Crippen molar-refractivity contribution in [2.24, 2.45) is 0 Å². The molecule has 0 radical (unpaired) electrons. The maximum absolute atomic E-state index is 12.4.